The minimum atomic E-state index is -0.488. The van der Waals surface area contributed by atoms with Crippen LogP contribution in [0.15, 0.2) is 23.2 Å². The Labute approximate surface area is 196 Å². The zero-order valence-electron chi connectivity index (χ0n) is 18.4. The fraction of sp³-hybridized carbons (Fsp3) is 0.619. The number of hydrogen-bond donors (Lipinski definition) is 4. The van der Waals surface area contributed by atoms with Crippen molar-refractivity contribution in [1.82, 2.24) is 16.0 Å². The van der Waals surface area contributed by atoms with Gasteiger partial charge < -0.3 is 30.5 Å². The summed E-state index contributed by atoms with van der Waals surface area (Å²) in [6.07, 6.45) is 3.25. The monoisotopic (exact) mass is 534 g/mol. The third-order valence-corrected chi connectivity index (χ3v) is 4.75. The van der Waals surface area contributed by atoms with Gasteiger partial charge in [0.05, 0.1) is 7.11 Å². The van der Waals surface area contributed by atoms with Crippen LogP contribution in [0.5, 0.6) is 11.5 Å². The number of hydrogen-bond acceptors (Lipinski definition) is 5. The molecule has 0 radical (unpaired) electrons. The third-order valence-electron chi connectivity index (χ3n) is 4.75. The van der Waals surface area contributed by atoms with Gasteiger partial charge in [-0.15, -0.1) is 24.0 Å². The van der Waals surface area contributed by atoms with Crippen molar-refractivity contribution in [2.24, 2.45) is 4.99 Å². The number of phenols is 1. The summed E-state index contributed by atoms with van der Waals surface area (Å²) in [5.41, 5.74) is 0.246. The maximum atomic E-state index is 11.9. The van der Waals surface area contributed by atoms with Crippen molar-refractivity contribution in [3.63, 3.8) is 0 Å². The van der Waals surface area contributed by atoms with Crippen LogP contribution in [0, 0.1) is 0 Å². The number of rotatable bonds is 5. The Morgan fingerprint density at radius 1 is 1.17 bits per heavy atom. The van der Waals surface area contributed by atoms with Gasteiger partial charge in [-0.1, -0.05) is 0 Å². The lowest BCUT2D eigenvalue weighted by Gasteiger charge is -2.31. The van der Waals surface area contributed by atoms with E-state index >= 15 is 0 Å². The van der Waals surface area contributed by atoms with Crippen LogP contribution < -0.4 is 20.7 Å². The normalized spacial score (nSPS) is 19.3. The lowest BCUT2D eigenvalue weighted by atomic mass is 9.91. The first-order valence-corrected chi connectivity index (χ1v) is 10.0. The fourth-order valence-corrected chi connectivity index (χ4v) is 3.25. The number of halogens is 1. The topological polar surface area (TPSA) is 104 Å². The molecule has 1 amide bonds. The smallest absolute Gasteiger partial charge is 0.407 e. The Bertz CT molecular complexity index is 713. The van der Waals surface area contributed by atoms with Crippen molar-refractivity contribution in [2.75, 3.05) is 14.2 Å². The molecule has 0 atom stereocenters. The van der Waals surface area contributed by atoms with E-state index in [9.17, 15) is 9.90 Å². The van der Waals surface area contributed by atoms with Gasteiger partial charge in [0.15, 0.2) is 5.96 Å². The number of benzene rings is 1. The molecule has 1 aromatic rings. The van der Waals surface area contributed by atoms with Crippen LogP contribution in [0.1, 0.15) is 52.0 Å². The van der Waals surface area contributed by atoms with E-state index in [4.69, 9.17) is 9.47 Å². The maximum Gasteiger partial charge on any atom is 0.407 e. The van der Waals surface area contributed by atoms with E-state index in [0.717, 1.165) is 31.2 Å². The van der Waals surface area contributed by atoms with Gasteiger partial charge >= 0.3 is 6.09 Å². The number of nitrogens with one attached hydrogen (secondary N) is 3. The molecule has 1 aliphatic carbocycles. The minimum Gasteiger partial charge on any atom is -0.508 e. The third kappa shape index (κ3) is 8.85. The fourth-order valence-electron chi connectivity index (χ4n) is 3.25. The summed E-state index contributed by atoms with van der Waals surface area (Å²) in [5.74, 6) is 1.58. The molecule has 0 unspecified atom stereocenters. The van der Waals surface area contributed by atoms with Gasteiger partial charge in [-0.2, -0.15) is 0 Å². The van der Waals surface area contributed by atoms with Gasteiger partial charge in [0.2, 0.25) is 0 Å². The van der Waals surface area contributed by atoms with Crippen LogP contribution >= 0.6 is 24.0 Å². The van der Waals surface area contributed by atoms with Gasteiger partial charge in [-0.05, 0) is 64.7 Å². The molecule has 0 saturated heterocycles. The molecular weight excluding hydrogens is 499 g/mol. The van der Waals surface area contributed by atoms with Gasteiger partial charge in [0.1, 0.15) is 17.1 Å². The molecule has 30 heavy (non-hydrogen) atoms. The molecule has 0 aromatic heterocycles. The minimum absolute atomic E-state index is 0. The van der Waals surface area contributed by atoms with Gasteiger partial charge in [0.25, 0.3) is 0 Å². The Kier molecular flexibility index (Phi) is 10.5. The summed E-state index contributed by atoms with van der Waals surface area (Å²) in [7, 11) is 3.31. The van der Waals surface area contributed by atoms with E-state index < -0.39 is 5.60 Å². The highest BCUT2D eigenvalue weighted by molar-refractivity contribution is 14.0. The summed E-state index contributed by atoms with van der Waals surface area (Å²) in [6, 6.07) is 5.53. The number of carbonyl (C=O) groups excluding carboxylic acids is 1. The number of carbonyl (C=O) groups is 1. The second kappa shape index (κ2) is 12.1. The van der Waals surface area contributed by atoms with Crippen molar-refractivity contribution < 1.29 is 19.4 Å². The van der Waals surface area contributed by atoms with Crippen LogP contribution in [0.3, 0.4) is 0 Å². The molecule has 0 spiro atoms. The molecule has 0 bridgehead atoms. The molecule has 1 fully saturated rings. The first-order chi connectivity index (χ1) is 13.7. The Balaban J connectivity index is 0.00000450. The SMILES string of the molecule is CN=C(NCc1cc(OC)ccc1O)NC1CCC(NC(=O)OC(C)(C)C)CC1.I. The molecule has 0 heterocycles. The number of aliphatic imine (C=N–C) groups is 1. The van der Waals surface area contributed by atoms with E-state index in [1.807, 2.05) is 20.8 Å². The van der Waals surface area contributed by atoms with Crippen LogP contribution in [0.4, 0.5) is 4.79 Å². The second-order valence-corrected chi connectivity index (χ2v) is 8.26. The quantitative estimate of drug-likeness (QED) is 0.262. The van der Waals surface area contributed by atoms with Crippen LogP contribution in [0.25, 0.3) is 0 Å². The van der Waals surface area contributed by atoms with E-state index in [1.54, 1.807) is 32.4 Å². The number of ether oxygens (including phenoxy) is 2. The molecule has 170 valence electrons. The Hall–Kier alpha value is -1.91. The molecule has 1 aliphatic rings. The van der Waals surface area contributed by atoms with E-state index in [-0.39, 0.29) is 47.9 Å². The van der Waals surface area contributed by atoms with E-state index in [1.165, 1.54) is 0 Å². The van der Waals surface area contributed by atoms with Crippen LogP contribution in [-0.2, 0) is 11.3 Å². The van der Waals surface area contributed by atoms with Crippen LogP contribution in [0.2, 0.25) is 0 Å². The predicted octanol–water partition coefficient (Wildman–Crippen LogP) is 3.52. The Morgan fingerprint density at radius 3 is 2.30 bits per heavy atom. The van der Waals surface area contributed by atoms with Crippen molar-refractivity contribution >= 4 is 36.0 Å². The largest absolute Gasteiger partial charge is 0.508 e. The highest BCUT2D eigenvalue weighted by Gasteiger charge is 2.25. The number of amides is 1. The Morgan fingerprint density at radius 2 is 1.77 bits per heavy atom. The molecule has 2 rings (SSSR count). The zero-order valence-corrected chi connectivity index (χ0v) is 20.8. The lowest BCUT2D eigenvalue weighted by molar-refractivity contribution is 0.0490. The maximum absolute atomic E-state index is 11.9. The highest BCUT2D eigenvalue weighted by Crippen LogP contribution is 2.23. The summed E-state index contributed by atoms with van der Waals surface area (Å²) < 4.78 is 10.5. The van der Waals surface area contributed by atoms with E-state index in [0.29, 0.717) is 18.3 Å². The van der Waals surface area contributed by atoms with Crippen molar-refractivity contribution in [3.05, 3.63) is 23.8 Å². The molecular formula is C21H35IN4O4. The molecule has 1 aromatic carbocycles. The van der Waals surface area contributed by atoms with Gasteiger partial charge in [-0.25, -0.2) is 4.79 Å². The number of alkyl carbamates (subject to hydrolysis) is 1. The van der Waals surface area contributed by atoms with Crippen molar-refractivity contribution in [3.8, 4) is 11.5 Å². The van der Waals surface area contributed by atoms with Crippen molar-refractivity contribution in [2.45, 2.75) is 70.7 Å². The summed E-state index contributed by atoms with van der Waals surface area (Å²) in [5, 5.41) is 19.6. The van der Waals surface area contributed by atoms with Gasteiger partial charge in [-0.3, -0.25) is 4.99 Å². The zero-order chi connectivity index (χ0) is 21.4. The average Bonchev–Trinajstić information content (AvgIpc) is 2.66. The number of guanidine groups is 1. The molecule has 4 N–H and O–H groups in total. The predicted molar refractivity (Wildman–Crippen MR) is 129 cm³/mol. The first kappa shape index (κ1) is 26.1. The summed E-state index contributed by atoms with van der Waals surface area (Å²) >= 11 is 0. The number of phenolic OH excluding ortho intramolecular Hbond substituents is 1. The number of nitrogens with zero attached hydrogens (tertiary/aromatic N) is 1. The summed E-state index contributed by atoms with van der Waals surface area (Å²) in [4.78, 5) is 16.2. The molecule has 0 aliphatic heterocycles. The average molecular weight is 534 g/mol. The summed E-state index contributed by atoms with van der Waals surface area (Å²) in [6.45, 7) is 6.00. The second-order valence-electron chi connectivity index (χ2n) is 8.26. The van der Waals surface area contributed by atoms with Crippen LogP contribution in [-0.4, -0.2) is 49.0 Å². The van der Waals surface area contributed by atoms with Crippen molar-refractivity contribution in [1.29, 1.82) is 0 Å². The van der Waals surface area contributed by atoms with Gasteiger partial charge in [0, 0.05) is 31.2 Å². The number of methoxy groups -OCH3 is 1. The van der Waals surface area contributed by atoms with E-state index in [2.05, 4.69) is 20.9 Å². The molecule has 9 heteroatoms. The molecule has 8 nitrogen and oxygen atoms in total. The lowest BCUT2D eigenvalue weighted by Crippen LogP contribution is -2.47. The standard InChI is InChI=1S/C21H34N4O4.HI/c1-21(2,3)29-20(27)25-16-8-6-15(7-9-16)24-19(22-4)23-13-14-12-17(28-5)10-11-18(14)26;/h10-12,15-16,26H,6-9,13H2,1-5H3,(H,25,27)(H2,22,23,24);1H. The number of aromatic hydroxyl groups is 1. The molecule has 1 saturated carbocycles. The first-order valence-electron chi connectivity index (χ1n) is 10.0. The highest BCUT2D eigenvalue weighted by atomic mass is 127.